The molecule has 25 nitrogen and oxygen atoms in total. The first-order valence-corrected chi connectivity index (χ1v) is 47.8. The van der Waals surface area contributed by atoms with Crippen molar-refractivity contribution in [1.29, 1.82) is 0 Å². The van der Waals surface area contributed by atoms with Crippen molar-refractivity contribution in [3.63, 3.8) is 0 Å². The van der Waals surface area contributed by atoms with Gasteiger partial charge in [0.15, 0.2) is 0 Å². The normalized spacial score (nSPS) is 10.4. The molecule has 0 aliphatic heterocycles. The van der Waals surface area contributed by atoms with E-state index >= 15 is 0 Å². The number of esters is 10. The highest BCUT2D eigenvalue weighted by molar-refractivity contribution is 5.94. The molecule has 0 bridgehead atoms. The third-order valence-corrected chi connectivity index (χ3v) is 21.2. The van der Waals surface area contributed by atoms with Crippen LogP contribution in [0, 0.1) is 13.8 Å². The third-order valence-electron chi connectivity index (χ3n) is 21.2. The standard InChI is InChI=1S/C49H64O10.C34H34O9.C30H38O6/c1-4-46(50)56-36-22-18-14-10-6-8-12-16-20-34-54-42-28-24-40(25-29-42)48(52)58-44-32-33-45(39(3)38-44)59-49(53)41-26-30-43(31-27-41)55-35-21-17-13-9-7-11-15-19-23-37-57-47(51)5-2;1-4-31(35)40-20-7-6-9-25-10-12-26(13-11-25)34(38)43-30-19-18-29(23-24(30)3)42-33(37)27-14-16-28(17-15-27)39-21-8-22-41-32(36)5-2;1-3-29(31)35-23-11-7-5-9-21-33-27-17-13-25(14-18-27)26-15-19-28(20-16-26)34-22-10-6-8-12-24-36-30(32)4-2/h4-5,24-33,38H,1-2,6-23,34-37H2,3H3;4-5,10-19,23H,1-2,6-9,20-22H2,3H3;3-4,13-20H,1-2,5-12,21-24H2. The Kier molecular flexibility index (Phi) is 56.9. The highest BCUT2D eigenvalue weighted by atomic mass is 16.6. The Morgan fingerprint density at radius 1 is 0.210 bits per heavy atom. The van der Waals surface area contributed by atoms with Crippen LogP contribution in [0.25, 0.3) is 11.1 Å². The van der Waals surface area contributed by atoms with Crippen molar-refractivity contribution >= 4 is 59.7 Å². The number of unbranched alkanes of at least 4 members (excludes halogenated alkanes) is 23. The maximum atomic E-state index is 12.9. The summed E-state index contributed by atoms with van der Waals surface area (Å²) < 4.78 is 81.0. The summed E-state index contributed by atoms with van der Waals surface area (Å²) in [6.45, 7) is 29.1. The molecule has 8 rings (SSSR count). The van der Waals surface area contributed by atoms with Crippen LogP contribution < -0.4 is 42.6 Å². The van der Waals surface area contributed by atoms with E-state index in [1.165, 1.54) is 75.7 Å². The predicted molar refractivity (Wildman–Crippen MR) is 532 cm³/mol. The van der Waals surface area contributed by atoms with Gasteiger partial charge in [-0.1, -0.05) is 166 Å². The molecule has 0 N–H and O–H groups in total. The van der Waals surface area contributed by atoms with E-state index in [2.05, 4.69) is 63.7 Å². The van der Waals surface area contributed by atoms with Crippen LogP contribution in [0.2, 0.25) is 0 Å². The molecule has 0 aliphatic rings. The van der Waals surface area contributed by atoms with Crippen molar-refractivity contribution in [2.24, 2.45) is 0 Å². The van der Waals surface area contributed by atoms with E-state index in [0.29, 0.717) is 146 Å². The number of hydrogen-bond acceptors (Lipinski definition) is 25. The number of hydrogen-bond donors (Lipinski definition) is 0. The molecule has 8 aromatic carbocycles. The molecule has 0 saturated heterocycles. The molecule has 0 aromatic heterocycles. The maximum Gasteiger partial charge on any atom is 0.343 e. The van der Waals surface area contributed by atoms with Gasteiger partial charge in [-0.3, -0.25) is 0 Å². The van der Waals surface area contributed by atoms with Gasteiger partial charge in [-0.25, -0.2) is 47.9 Å². The molecule has 0 saturated carbocycles. The number of aryl methyl sites for hydroxylation is 3. The summed E-state index contributed by atoms with van der Waals surface area (Å²) in [6, 6.07) is 53.3. The summed E-state index contributed by atoms with van der Waals surface area (Å²) in [5, 5.41) is 0. The topological polar surface area (TPSA) is 309 Å². The molecule has 0 heterocycles. The second-order valence-corrected chi connectivity index (χ2v) is 32.2. The van der Waals surface area contributed by atoms with Crippen LogP contribution in [0.15, 0.2) is 258 Å². The Bertz CT molecular complexity index is 4940. The van der Waals surface area contributed by atoms with Gasteiger partial charge in [-0.15, -0.1) is 0 Å². The zero-order chi connectivity index (χ0) is 99.2. The SMILES string of the molecule is C=CC(=O)OCCCCCCCCCCCOc1ccc(C(=O)Oc2ccc(OC(=O)c3ccc(OCCCCCCCCCCCOC(=O)C=C)cc3)c(C)c2)cc1.C=CC(=O)OCCCCCCOc1ccc(-c2ccc(OCCCCCCOC(=O)C=C)cc2)cc1.C=CC(=O)OCCCCc1ccc(C(=O)Oc2ccc(OC(=O)c3ccc(OCCCOC(=O)C=C)cc3)cc2C)cc1. The molecule has 0 aliphatic carbocycles. The van der Waals surface area contributed by atoms with E-state index < -0.39 is 35.8 Å². The summed E-state index contributed by atoms with van der Waals surface area (Å²) in [4.78, 5) is 117. The highest BCUT2D eigenvalue weighted by Gasteiger charge is 2.18. The van der Waals surface area contributed by atoms with Gasteiger partial charge in [0.1, 0.15) is 51.7 Å². The van der Waals surface area contributed by atoms with Crippen LogP contribution in [0.3, 0.4) is 0 Å². The van der Waals surface area contributed by atoms with Gasteiger partial charge in [0.25, 0.3) is 0 Å². The Labute approximate surface area is 813 Å². The molecule has 25 heteroatoms. The van der Waals surface area contributed by atoms with Gasteiger partial charge >= 0.3 is 59.7 Å². The van der Waals surface area contributed by atoms with Crippen molar-refractivity contribution in [2.75, 3.05) is 72.7 Å². The Balaban J connectivity index is 0.000000329. The molecule has 0 unspecified atom stereocenters. The van der Waals surface area contributed by atoms with E-state index in [1.807, 2.05) is 36.4 Å². The van der Waals surface area contributed by atoms with Gasteiger partial charge in [0.2, 0.25) is 0 Å². The van der Waals surface area contributed by atoms with Gasteiger partial charge in [0.05, 0.1) is 94.9 Å². The zero-order valence-electron chi connectivity index (χ0n) is 80.2. The lowest BCUT2D eigenvalue weighted by atomic mass is 10.1. The highest BCUT2D eigenvalue weighted by Crippen LogP contribution is 2.31. The van der Waals surface area contributed by atoms with E-state index in [9.17, 15) is 47.9 Å². The zero-order valence-corrected chi connectivity index (χ0v) is 80.2. The van der Waals surface area contributed by atoms with E-state index in [-0.39, 0.29) is 30.5 Å². The van der Waals surface area contributed by atoms with Crippen LogP contribution in [0.4, 0.5) is 0 Å². The molecular weight excluding hydrogens is 1760 g/mol. The van der Waals surface area contributed by atoms with E-state index in [1.54, 1.807) is 135 Å². The summed E-state index contributed by atoms with van der Waals surface area (Å²) in [5.41, 5.74) is 6.12. The molecule has 738 valence electrons. The lowest BCUT2D eigenvalue weighted by Gasteiger charge is -2.11. The van der Waals surface area contributed by atoms with Crippen molar-refractivity contribution in [3.8, 4) is 62.9 Å². The van der Waals surface area contributed by atoms with E-state index in [0.717, 1.165) is 175 Å². The molecule has 8 aromatic rings. The smallest absolute Gasteiger partial charge is 0.343 e. The Morgan fingerprint density at radius 3 is 0.652 bits per heavy atom. The average Bonchev–Trinajstić information content (AvgIpc) is 0.836. The fraction of sp³-hybridized carbons (Fsp3) is 0.381. The van der Waals surface area contributed by atoms with Gasteiger partial charge < -0.3 is 71.1 Å². The van der Waals surface area contributed by atoms with Crippen molar-refractivity contribution < 1.29 is 119 Å². The first kappa shape index (κ1) is 113. The molecule has 138 heavy (non-hydrogen) atoms. The van der Waals surface area contributed by atoms with Crippen molar-refractivity contribution in [1.82, 2.24) is 0 Å². The van der Waals surface area contributed by atoms with Crippen LogP contribution in [0.1, 0.15) is 244 Å². The fourth-order valence-corrected chi connectivity index (χ4v) is 13.4. The Morgan fingerprint density at radius 2 is 0.406 bits per heavy atom. The van der Waals surface area contributed by atoms with E-state index in [4.69, 9.17) is 71.1 Å². The number of carbonyl (C=O) groups excluding carboxylic acids is 10. The van der Waals surface area contributed by atoms with Crippen molar-refractivity contribution in [2.45, 2.75) is 206 Å². The van der Waals surface area contributed by atoms with Crippen LogP contribution in [0.5, 0.6) is 51.7 Å². The number of carbonyl (C=O) groups is 10. The summed E-state index contributed by atoms with van der Waals surface area (Å²) in [5.74, 6) is 0.673. The molecule has 0 radical (unpaired) electrons. The molecule has 0 fully saturated rings. The second-order valence-electron chi connectivity index (χ2n) is 32.2. The number of ether oxygens (including phenoxy) is 15. The first-order chi connectivity index (χ1) is 67.2. The minimum absolute atomic E-state index is 0.222. The molecule has 0 spiro atoms. The Hall–Kier alpha value is -14.1. The predicted octanol–water partition coefficient (Wildman–Crippen LogP) is 24.3. The summed E-state index contributed by atoms with van der Waals surface area (Å²) in [6.07, 6.45) is 37.5. The second kappa shape index (κ2) is 69.7. The number of benzene rings is 8. The maximum absolute atomic E-state index is 12.9. The van der Waals surface area contributed by atoms with Crippen LogP contribution >= 0.6 is 0 Å². The van der Waals surface area contributed by atoms with Gasteiger partial charge in [0, 0.05) is 42.9 Å². The van der Waals surface area contributed by atoms with Crippen LogP contribution in [-0.4, -0.2) is 132 Å². The van der Waals surface area contributed by atoms with Gasteiger partial charge in [-0.2, -0.15) is 0 Å². The quantitative estimate of drug-likeness (QED) is 0.0112. The lowest BCUT2D eigenvalue weighted by Crippen LogP contribution is -2.11. The molecular formula is C113H136O25. The average molecular weight is 1890 g/mol. The minimum Gasteiger partial charge on any atom is -0.494 e. The third kappa shape index (κ3) is 49.4. The minimum atomic E-state index is -0.551. The van der Waals surface area contributed by atoms with Crippen LogP contribution in [-0.2, 0) is 63.6 Å². The fourth-order valence-electron chi connectivity index (χ4n) is 13.4. The lowest BCUT2D eigenvalue weighted by molar-refractivity contribution is -0.138. The van der Waals surface area contributed by atoms with Crippen molar-refractivity contribution in [3.05, 3.63) is 297 Å². The molecule has 0 atom stereocenters. The summed E-state index contributed by atoms with van der Waals surface area (Å²) >= 11 is 0. The monoisotopic (exact) mass is 1890 g/mol. The number of rotatable bonds is 67. The first-order valence-electron chi connectivity index (χ1n) is 47.8. The molecule has 0 amide bonds. The largest absolute Gasteiger partial charge is 0.494 e. The summed E-state index contributed by atoms with van der Waals surface area (Å²) in [7, 11) is 0. The van der Waals surface area contributed by atoms with Gasteiger partial charge in [-0.05, 0) is 284 Å².